The fourth-order valence-corrected chi connectivity index (χ4v) is 4.54. The van der Waals surface area contributed by atoms with Crippen molar-refractivity contribution in [3.63, 3.8) is 0 Å². The lowest BCUT2D eigenvalue weighted by Gasteiger charge is -2.27. The van der Waals surface area contributed by atoms with E-state index in [1.54, 1.807) is 12.1 Å². The first-order valence-corrected chi connectivity index (χ1v) is 10.7. The molecule has 28 heavy (non-hydrogen) atoms. The summed E-state index contributed by atoms with van der Waals surface area (Å²) in [5.74, 6) is -0.259. The largest absolute Gasteiger partial charge is 0.451 e. The Morgan fingerprint density at radius 2 is 2.07 bits per heavy atom. The smallest absolute Gasteiger partial charge is 0.296 e. The minimum absolute atomic E-state index is 0.0717. The van der Waals surface area contributed by atoms with Crippen LogP contribution in [0.5, 0.6) is 0 Å². The van der Waals surface area contributed by atoms with E-state index < -0.39 is 15.6 Å². The van der Waals surface area contributed by atoms with Crippen LogP contribution in [0.3, 0.4) is 0 Å². The summed E-state index contributed by atoms with van der Waals surface area (Å²) in [4.78, 5) is 0. The monoisotopic (exact) mass is 406 g/mol. The van der Waals surface area contributed by atoms with Crippen molar-refractivity contribution < 1.29 is 22.3 Å². The average molecular weight is 406 g/mol. The van der Waals surface area contributed by atoms with Crippen molar-refractivity contribution in [3.05, 3.63) is 58.9 Å². The third-order valence-corrected chi connectivity index (χ3v) is 6.55. The first-order chi connectivity index (χ1) is 13.1. The highest BCUT2D eigenvalue weighted by Crippen LogP contribution is 2.46. The van der Waals surface area contributed by atoms with E-state index in [0.717, 1.165) is 5.56 Å². The van der Waals surface area contributed by atoms with Crippen LogP contribution in [0.2, 0.25) is 0 Å². The average Bonchev–Trinajstić information content (AvgIpc) is 3.14. The normalized spacial score (nSPS) is 20.4. The Kier molecular flexibility index (Phi) is 4.31. The van der Waals surface area contributed by atoms with Gasteiger partial charge in [0.15, 0.2) is 0 Å². The number of fused-ring (bicyclic) bond motifs is 1. The topological polar surface area (TPSA) is 91.6 Å². The first kappa shape index (κ1) is 19.0. The minimum atomic E-state index is -3.99. The molecule has 150 valence electrons. The molecule has 2 aliphatic rings. The second-order valence-electron chi connectivity index (χ2n) is 7.87. The quantitative estimate of drug-likeness (QED) is 0.701. The molecular weight excluding hydrogens is 383 g/mol. The van der Waals surface area contributed by atoms with E-state index in [2.05, 4.69) is 10.0 Å². The number of benzene rings is 1. The molecule has 1 saturated carbocycles. The third-order valence-electron chi connectivity index (χ3n) is 5.31. The van der Waals surface area contributed by atoms with Crippen LogP contribution in [0.4, 0.5) is 10.1 Å². The van der Waals surface area contributed by atoms with Gasteiger partial charge in [-0.25, -0.2) is 4.39 Å². The molecule has 1 aliphatic carbocycles. The van der Waals surface area contributed by atoms with Crippen LogP contribution in [-0.4, -0.2) is 13.5 Å². The van der Waals surface area contributed by atoms with Crippen LogP contribution in [0.25, 0.3) is 0 Å². The molecule has 1 aromatic carbocycles. The molecule has 8 heteroatoms. The molecule has 1 aliphatic heterocycles. The zero-order valence-electron chi connectivity index (χ0n) is 15.9. The molecule has 0 spiro atoms. The second kappa shape index (κ2) is 6.35. The van der Waals surface area contributed by atoms with Gasteiger partial charge in [-0.1, -0.05) is 26.8 Å². The highest BCUT2D eigenvalue weighted by Gasteiger charge is 2.44. The molecule has 0 radical (unpaired) electrons. The van der Waals surface area contributed by atoms with Crippen molar-refractivity contribution in [1.29, 1.82) is 0 Å². The lowest BCUT2D eigenvalue weighted by Crippen LogP contribution is -2.30. The van der Waals surface area contributed by atoms with Gasteiger partial charge < -0.3 is 14.8 Å². The first-order valence-electron chi connectivity index (χ1n) is 9.26. The fourth-order valence-electron chi connectivity index (χ4n) is 3.57. The number of hydrogen-bond donors (Lipinski definition) is 3. The summed E-state index contributed by atoms with van der Waals surface area (Å²) in [6.45, 7) is 5.70. The van der Waals surface area contributed by atoms with Gasteiger partial charge in [-0.2, -0.15) is 8.42 Å². The van der Waals surface area contributed by atoms with Gasteiger partial charge in [-0.15, -0.1) is 0 Å². The van der Waals surface area contributed by atoms with Gasteiger partial charge in [0.25, 0.3) is 10.0 Å². The summed E-state index contributed by atoms with van der Waals surface area (Å²) < 4.78 is 47.5. The molecule has 4 rings (SSSR count). The summed E-state index contributed by atoms with van der Waals surface area (Å²) in [5, 5.41) is 12.9. The Morgan fingerprint density at radius 1 is 1.36 bits per heavy atom. The number of furan rings is 1. The van der Waals surface area contributed by atoms with Crippen LogP contribution in [0, 0.1) is 5.82 Å². The number of allylic oxidation sites excluding steroid dienone is 1. The van der Waals surface area contributed by atoms with E-state index in [9.17, 15) is 17.9 Å². The minimum Gasteiger partial charge on any atom is -0.451 e. The summed E-state index contributed by atoms with van der Waals surface area (Å²) >= 11 is 0. The van der Waals surface area contributed by atoms with Gasteiger partial charge in [-0.05, 0) is 36.5 Å². The maximum atomic E-state index is 14.4. The summed E-state index contributed by atoms with van der Waals surface area (Å²) in [5.41, 5.74) is 1.50. The Morgan fingerprint density at radius 3 is 2.71 bits per heavy atom. The maximum absolute atomic E-state index is 14.4. The predicted octanol–water partition coefficient (Wildman–Crippen LogP) is 3.87. The maximum Gasteiger partial charge on any atom is 0.296 e. The molecule has 1 unspecified atom stereocenters. The van der Waals surface area contributed by atoms with Gasteiger partial charge in [0.1, 0.15) is 11.6 Å². The second-order valence-corrected chi connectivity index (χ2v) is 9.48. The molecular formula is C20H23FN2O4S. The number of sulfonamides is 1. The van der Waals surface area contributed by atoms with E-state index in [-0.39, 0.29) is 28.6 Å². The van der Waals surface area contributed by atoms with Gasteiger partial charge >= 0.3 is 0 Å². The fraction of sp³-hybridized carbons (Fsp3) is 0.400. The van der Waals surface area contributed by atoms with Crippen molar-refractivity contribution in [2.75, 3.05) is 5.32 Å². The standard InChI is InChI=1S/C20H23FN2O4S/c1-11(2)18-15(21)5-4-14-12(3)8-16(22-19(14)18)23-28(25,26)17-9-13(10-27-17)20(24)6-7-20/h4-5,8-12,22-24H,6-7H2,1-3H3. The molecule has 0 saturated heterocycles. The highest BCUT2D eigenvalue weighted by molar-refractivity contribution is 7.89. The van der Waals surface area contributed by atoms with Crippen LogP contribution < -0.4 is 10.0 Å². The van der Waals surface area contributed by atoms with Crippen molar-refractivity contribution in [3.8, 4) is 0 Å². The summed E-state index contributed by atoms with van der Waals surface area (Å²) in [7, 11) is -3.99. The van der Waals surface area contributed by atoms with Crippen molar-refractivity contribution >= 4 is 15.7 Å². The van der Waals surface area contributed by atoms with Crippen LogP contribution in [0.1, 0.15) is 62.1 Å². The Hall–Kier alpha value is -2.32. The van der Waals surface area contributed by atoms with Gasteiger partial charge in [0, 0.05) is 28.8 Å². The molecule has 0 amide bonds. The molecule has 0 bridgehead atoms. The Balaban J connectivity index is 1.63. The molecule has 3 N–H and O–H groups in total. The Bertz CT molecular complexity index is 1070. The molecule has 1 aromatic heterocycles. The lowest BCUT2D eigenvalue weighted by atomic mass is 9.89. The zero-order chi connectivity index (χ0) is 20.3. The Labute approximate surface area is 163 Å². The molecule has 2 heterocycles. The third kappa shape index (κ3) is 3.20. The summed E-state index contributed by atoms with van der Waals surface area (Å²) in [6.07, 6.45) is 4.18. The predicted molar refractivity (Wildman–Crippen MR) is 103 cm³/mol. The van der Waals surface area contributed by atoms with Crippen LogP contribution in [0.15, 0.2) is 45.9 Å². The van der Waals surface area contributed by atoms with E-state index in [4.69, 9.17) is 4.42 Å². The zero-order valence-corrected chi connectivity index (χ0v) is 16.7. The van der Waals surface area contributed by atoms with Crippen molar-refractivity contribution in [2.24, 2.45) is 0 Å². The number of aliphatic hydroxyl groups is 1. The summed E-state index contributed by atoms with van der Waals surface area (Å²) in [6, 6.07) is 4.50. The number of nitrogens with one attached hydrogen (secondary N) is 2. The molecule has 2 aromatic rings. The van der Waals surface area contributed by atoms with Gasteiger partial charge in [-0.3, -0.25) is 4.72 Å². The molecule has 6 nitrogen and oxygen atoms in total. The van der Waals surface area contributed by atoms with Crippen molar-refractivity contribution in [2.45, 2.75) is 56.1 Å². The van der Waals surface area contributed by atoms with Gasteiger partial charge in [0.05, 0.1) is 11.9 Å². The highest BCUT2D eigenvalue weighted by atomic mass is 32.2. The van der Waals surface area contributed by atoms with E-state index in [1.807, 2.05) is 20.8 Å². The van der Waals surface area contributed by atoms with Crippen molar-refractivity contribution in [1.82, 2.24) is 4.72 Å². The number of rotatable bonds is 5. The van der Waals surface area contributed by atoms with Crippen LogP contribution in [-0.2, 0) is 15.6 Å². The number of anilines is 1. The lowest BCUT2D eigenvalue weighted by molar-refractivity contribution is 0.150. The van der Waals surface area contributed by atoms with E-state index in [0.29, 0.717) is 29.7 Å². The van der Waals surface area contributed by atoms with E-state index >= 15 is 0 Å². The van der Waals surface area contributed by atoms with E-state index in [1.165, 1.54) is 18.4 Å². The molecule has 1 fully saturated rings. The molecule has 1 atom stereocenters. The SMILES string of the molecule is CC(C)c1c(F)ccc2c1NC(NS(=O)(=O)c1cc(C3(O)CC3)co1)=CC2C. The van der Waals surface area contributed by atoms with Gasteiger partial charge in [0.2, 0.25) is 5.09 Å². The number of hydrogen-bond acceptors (Lipinski definition) is 5. The number of halogens is 1. The van der Waals surface area contributed by atoms with Crippen LogP contribution >= 0.6 is 0 Å².